The van der Waals surface area contributed by atoms with E-state index in [4.69, 9.17) is 9.47 Å². The van der Waals surface area contributed by atoms with E-state index in [1.165, 1.54) is 0 Å². The Balaban J connectivity index is 1.60. The molecule has 2 aliphatic heterocycles. The van der Waals surface area contributed by atoms with Crippen molar-refractivity contribution in [2.45, 2.75) is 123 Å². The van der Waals surface area contributed by atoms with Gasteiger partial charge >= 0.3 is 18.0 Å². The Morgan fingerprint density at radius 3 is 2.19 bits per heavy atom. The molecule has 4 N–H and O–H groups in total. The number of esters is 2. The molecule has 1 aromatic rings. The van der Waals surface area contributed by atoms with E-state index in [0.717, 1.165) is 5.56 Å². The van der Waals surface area contributed by atoms with Gasteiger partial charge in [0.05, 0.1) is 24.7 Å². The molecule has 13 heteroatoms. The highest BCUT2D eigenvalue weighted by Gasteiger charge is 2.42. The van der Waals surface area contributed by atoms with Crippen molar-refractivity contribution in [3.05, 3.63) is 35.9 Å². The van der Waals surface area contributed by atoms with Crippen LogP contribution in [-0.4, -0.2) is 113 Å². The first-order valence-corrected chi connectivity index (χ1v) is 17.1. The van der Waals surface area contributed by atoms with Gasteiger partial charge in [0.15, 0.2) is 6.10 Å². The van der Waals surface area contributed by atoms with E-state index in [2.05, 4.69) is 16.0 Å². The maximum Gasteiger partial charge on any atom is 0.336 e. The van der Waals surface area contributed by atoms with Crippen molar-refractivity contribution in [1.82, 2.24) is 25.8 Å². The summed E-state index contributed by atoms with van der Waals surface area (Å²) in [5.74, 6) is -2.58. The molecule has 2 fully saturated rings. The molecule has 2 saturated heterocycles. The summed E-state index contributed by atoms with van der Waals surface area (Å²) in [5.41, 5.74) is 0.322. The van der Waals surface area contributed by atoms with Gasteiger partial charge in [0.2, 0.25) is 11.8 Å². The van der Waals surface area contributed by atoms with Gasteiger partial charge in [-0.05, 0) is 84.7 Å². The summed E-state index contributed by atoms with van der Waals surface area (Å²) in [7, 11) is 0. The maximum atomic E-state index is 13.6. The zero-order valence-corrected chi connectivity index (χ0v) is 29.5. The van der Waals surface area contributed by atoms with Crippen LogP contribution >= 0.6 is 0 Å². The highest BCUT2D eigenvalue weighted by Crippen LogP contribution is 2.25. The highest BCUT2D eigenvalue weighted by atomic mass is 16.6. The third kappa shape index (κ3) is 11.9. The van der Waals surface area contributed by atoms with Gasteiger partial charge in [-0.1, -0.05) is 44.2 Å². The number of aliphatic hydroxyl groups excluding tert-OH is 1. The smallest absolute Gasteiger partial charge is 0.336 e. The number of likely N-dealkylation sites (tertiary alicyclic amines) is 2. The van der Waals surface area contributed by atoms with Crippen LogP contribution in [0.5, 0.6) is 0 Å². The summed E-state index contributed by atoms with van der Waals surface area (Å²) >= 11 is 0. The Morgan fingerprint density at radius 1 is 0.958 bits per heavy atom. The summed E-state index contributed by atoms with van der Waals surface area (Å²) in [6.45, 7) is 13.8. The van der Waals surface area contributed by atoms with Gasteiger partial charge < -0.3 is 30.1 Å². The lowest BCUT2D eigenvalue weighted by atomic mass is 9.98. The fourth-order valence-corrected chi connectivity index (χ4v) is 6.13. The molecule has 0 unspecified atom stereocenters. The zero-order chi connectivity index (χ0) is 35.6. The molecule has 0 radical (unpaired) electrons. The lowest BCUT2D eigenvalue weighted by Crippen LogP contribution is -2.59. The number of piperidine rings is 1. The van der Waals surface area contributed by atoms with Gasteiger partial charge in [-0.3, -0.25) is 24.6 Å². The number of urea groups is 1. The summed E-state index contributed by atoms with van der Waals surface area (Å²) in [6, 6.07) is 6.54. The van der Waals surface area contributed by atoms with Crippen molar-refractivity contribution in [1.29, 1.82) is 0 Å². The minimum Gasteiger partial charge on any atom is -0.461 e. The Labute approximate surface area is 284 Å². The number of nitrogens with zero attached hydrogens (tertiary/aromatic N) is 2. The molecule has 2 heterocycles. The van der Waals surface area contributed by atoms with Crippen LogP contribution in [0.4, 0.5) is 4.79 Å². The Hall–Kier alpha value is -3.55. The number of benzene rings is 1. The van der Waals surface area contributed by atoms with Crippen LogP contribution in [0.25, 0.3) is 0 Å². The Bertz CT molecular complexity index is 1240. The Kier molecular flexibility index (Phi) is 14.4. The second-order valence-corrected chi connectivity index (χ2v) is 14.3. The second-order valence-electron chi connectivity index (χ2n) is 14.3. The summed E-state index contributed by atoms with van der Waals surface area (Å²) in [5, 5.41) is 19.6. The van der Waals surface area contributed by atoms with E-state index in [-0.39, 0.29) is 24.5 Å². The van der Waals surface area contributed by atoms with Gasteiger partial charge in [-0.2, -0.15) is 0 Å². The molecule has 4 amide bonds. The number of nitrogens with one attached hydrogen (secondary N) is 3. The molecule has 268 valence electrons. The standard InChI is InChI=1S/C35H55N5O8/c1-22(2)29(37-34(46)39-18-15-25(16-19-39)36-21-28(41)48-35(5,6)7)32(44)38-31(43)26-14-11-17-40(26)27(20-24-12-9-8-10-13-24)30(42)33(45)47-23(3)4/h8-10,12-13,22-23,25-27,29-30,36,42H,11,14-21H2,1-7H3,(H,37,46)(H,38,43,44)/t26-,27-,29-,30+/m0/s1. The van der Waals surface area contributed by atoms with Crippen molar-refractivity contribution in [2.24, 2.45) is 5.92 Å². The average Bonchev–Trinajstić information content (AvgIpc) is 3.50. The van der Waals surface area contributed by atoms with E-state index in [9.17, 15) is 29.1 Å². The number of carbonyl (C=O) groups excluding carboxylic acids is 5. The van der Waals surface area contributed by atoms with Gasteiger partial charge in [-0.25, -0.2) is 9.59 Å². The number of aliphatic hydroxyl groups is 1. The molecule has 0 aliphatic carbocycles. The fraction of sp³-hybridized carbons (Fsp3) is 0.686. The average molecular weight is 674 g/mol. The molecule has 1 aromatic carbocycles. The predicted octanol–water partition coefficient (Wildman–Crippen LogP) is 2.15. The molecule has 0 aromatic heterocycles. The minimum atomic E-state index is -1.50. The van der Waals surface area contributed by atoms with Crippen molar-refractivity contribution in [3.63, 3.8) is 0 Å². The molecule has 4 atom stereocenters. The van der Waals surface area contributed by atoms with E-state index in [1.807, 2.05) is 51.1 Å². The van der Waals surface area contributed by atoms with E-state index in [0.29, 0.717) is 51.7 Å². The van der Waals surface area contributed by atoms with Gasteiger partial charge in [0.25, 0.3) is 0 Å². The molecule has 0 saturated carbocycles. The van der Waals surface area contributed by atoms with Gasteiger partial charge in [0.1, 0.15) is 11.6 Å². The summed E-state index contributed by atoms with van der Waals surface area (Å²) in [4.78, 5) is 68.5. The van der Waals surface area contributed by atoms with E-state index in [1.54, 1.807) is 37.5 Å². The van der Waals surface area contributed by atoms with Crippen LogP contribution in [0.15, 0.2) is 30.3 Å². The van der Waals surface area contributed by atoms with Crippen molar-refractivity contribution < 1.29 is 38.6 Å². The molecule has 0 bridgehead atoms. The third-order valence-electron chi connectivity index (χ3n) is 8.48. The molecule has 2 aliphatic rings. The number of ether oxygens (including phenoxy) is 2. The van der Waals surface area contributed by atoms with Crippen molar-refractivity contribution >= 4 is 29.8 Å². The third-order valence-corrected chi connectivity index (χ3v) is 8.48. The Morgan fingerprint density at radius 2 is 1.60 bits per heavy atom. The predicted molar refractivity (Wildman–Crippen MR) is 180 cm³/mol. The van der Waals surface area contributed by atoms with Crippen molar-refractivity contribution in [2.75, 3.05) is 26.2 Å². The first kappa shape index (κ1) is 38.9. The van der Waals surface area contributed by atoms with Crippen LogP contribution in [0.1, 0.15) is 79.7 Å². The quantitative estimate of drug-likeness (QED) is 0.228. The highest BCUT2D eigenvalue weighted by molar-refractivity contribution is 6.01. The maximum absolute atomic E-state index is 13.6. The number of carbonyl (C=O) groups is 5. The number of imide groups is 1. The van der Waals surface area contributed by atoms with Crippen molar-refractivity contribution in [3.8, 4) is 0 Å². The van der Waals surface area contributed by atoms with E-state index >= 15 is 0 Å². The monoisotopic (exact) mass is 673 g/mol. The number of hydrogen-bond donors (Lipinski definition) is 4. The van der Waals surface area contributed by atoms with Gasteiger partial charge in [-0.15, -0.1) is 0 Å². The lowest BCUT2D eigenvalue weighted by Gasteiger charge is -2.35. The molecule has 13 nitrogen and oxygen atoms in total. The lowest BCUT2D eigenvalue weighted by molar-refractivity contribution is -0.162. The van der Waals surface area contributed by atoms with Crippen LogP contribution in [0.2, 0.25) is 0 Å². The molecular formula is C35H55N5O8. The van der Waals surface area contributed by atoms with E-state index < -0.39 is 59.7 Å². The fourth-order valence-electron chi connectivity index (χ4n) is 6.13. The molecule has 48 heavy (non-hydrogen) atoms. The molecular weight excluding hydrogens is 618 g/mol. The van der Waals surface area contributed by atoms with Crippen LogP contribution in [-0.2, 0) is 35.1 Å². The largest absolute Gasteiger partial charge is 0.461 e. The van der Waals surface area contributed by atoms with Crippen LogP contribution < -0.4 is 16.0 Å². The zero-order valence-electron chi connectivity index (χ0n) is 29.5. The van der Waals surface area contributed by atoms with Crippen LogP contribution in [0.3, 0.4) is 0 Å². The SMILES string of the molecule is CC(C)OC(=O)[C@H](O)[C@H](Cc1ccccc1)N1CCC[C@H]1C(=O)NC(=O)[C@@H](NC(=O)N1CCC(NCC(=O)OC(C)(C)C)CC1)C(C)C. The van der Waals surface area contributed by atoms with Gasteiger partial charge in [0, 0.05) is 19.1 Å². The topological polar surface area (TPSA) is 167 Å². The summed E-state index contributed by atoms with van der Waals surface area (Å²) in [6.07, 6.45) is 0.704. The normalized spacial score (nSPS) is 19.5. The minimum absolute atomic E-state index is 0.0502. The first-order chi connectivity index (χ1) is 22.6. The van der Waals surface area contributed by atoms with Crippen LogP contribution in [0, 0.1) is 5.92 Å². The molecule has 0 spiro atoms. The second kappa shape index (κ2) is 17.7. The number of hydrogen-bond acceptors (Lipinski definition) is 10. The molecule has 3 rings (SSSR count). The number of amides is 4. The first-order valence-electron chi connectivity index (χ1n) is 17.1. The summed E-state index contributed by atoms with van der Waals surface area (Å²) < 4.78 is 10.6. The number of rotatable bonds is 13.